The third-order valence-corrected chi connectivity index (χ3v) is 3.71. The summed E-state index contributed by atoms with van der Waals surface area (Å²) in [6.45, 7) is 1.97. The van der Waals surface area contributed by atoms with E-state index in [0.29, 0.717) is 10.7 Å². The highest BCUT2D eigenvalue weighted by Gasteiger charge is 2.20. The van der Waals surface area contributed by atoms with Crippen LogP contribution in [0.25, 0.3) is 0 Å². The summed E-state index contributed by atoms with van der Waals surface area (Å²) >= 11 is 7.49. The molecule has 0 aliphatic rings. The number of hydrogen-bond donors (Lipinski definition) is 1. The fourth-order valence-electron chi connectivity index (χ4n) is 1.52. The van der Waals surface area contributed by atoms with Crippen LogP contribution < -0.4 is 0 Å². The second-order valence-electron chi connectivity index (χ2n) is 3.37. The van der Waals surface area contributed by atoms with Crippen LogP contribution in [-0.4, -0.2) is 14.9 Å². The Morgan fingerprint density at radius 3 is 2.80 bits per heavy atom. The van der Waals surface area contributed by atoms with E-state index in [-0.39, 0.29) is 0 Å². The molecule has 0 aromatic carbocycles. The fourth-order valence-corrected chi connectivity index (χ4v) is 2.70. The van der Waals surface area contributed by atoms with E-state index in [1.807, 2.05) is 18.4 Å². The van der Waals surface area contributed by atoms with Gasteiger partial charge in [-0.25, -0.2) is 0 Å². The van der Waals surface area contributed by atoms with Gasteiger partial charge in [0.2, 0.25) is 0 Å². The van der Waals surface area contributed by atoms with E-state index < -0.39 is 6.10 Å². The minimum absolute atomic E-state index is 0.498. The molecule has 0 amide bonds. The van der Waals surface area contributed by atoms with Crippen LogP contribution >= 0.6 is 22.9 Å². The van der Waals surface area contributed by atoms with Crippen LogP contribution in [0, 0.1) is 6.92 Å². The molecular formula is C10H11ClN2OS. The molecule has 0 radical (unpaired) electrons. The van der Waals surface area contributed by atoms with E-state index in [1.54, 1.807) is 17.9 Å². The lowest BCUT2D eigenvalue weighted by Crippen LogP contribution is -2.06. The number of halogens is 1. The van der Waals surface area contributed by atoms with Gasteiger partial charge in [0.15, 0.2) is 0 Å². The summed E-state index contributed by atoms with van der Waals surface area (Å²) in [6, 6.07) is 1.98. The largest absolute Gasteiger partial charge is 0.381 e. The maximum Gasteiger partial charge on any atom is 0.131 e. The van der Waals surface area contributed by atoms with Crippen molar-refractivity contribution in [3.63, 3.8) is 0 Å². The third kappa shape index (κ3) is 1.80. The van der Waals surface area contributed by atoms with E-state index in [9.17, 15) is 5.11 Å². The number of rotatable bonds is 2. The Hall–Kier alpha value is -0.840. The molecule has 0 bridgehead atoms. The number of aromatic nitrogens is 2. The van der Waals surface area contributed by atoms with Gasteiger partial charge in [-0.3, -0.25) is 4.68 Å². The molecule has 0 aliphatic heterocycles. The lowest BCUT2D eigenvalue weighted by molar-refractivity contribution is 0.213. The van der Waals surface area contributed by atoms with Crippen LogP contribution in [0.4, 0.5) is 0 Å². The monoisotopic (exact) mass is 242 g/mol. The van der Waals surface area contributed by atoms with Crippen molar-refractivity contribution in [2.45, 2.75) is 13.0 Å². The Morgan fingerprint density at radius 2 is 2.33 bits per heavy atom. The molecule has 5 heteroatoms. The van der Waals surface area contributed by atoms with E-state index in [0.717, 1.165) is 10.4 Å². The molecule has 0 spiro atoms. The van der Waals surface area contributed by atoms with Crippen molar-refractivity contribution in [2.24, 2.45) is 7.05 Å². The van der Waals surface area contributed by atoms with Crippen LogP contribution in [0.5, 0.6) is 0 Å². The first kappa shape index (κ1) is 10.7. The lowest BCUT2D eigenvalue weighted by Gasteiger charge is -2.11. The molecule has 80 valence electrons. The minimum Gasteiger partial charge on any atom is -0.381 e. The third-order valence-electron chi connectivity index (χ3n) is 2.35. The molecule has 0 saturated carbocycles. The zero-order valence-corrected chi connectivity index (χ0v) is 10.0. The first-order valence-electron chi connectivity index (χ1n) is 4.50. The molecule has 1 N–H and O–H groups in total. The number of thiophene rings is 1. The van der Waals surface area contributed by atoms with Crippen molar-refractivity contribution in [1.29, 1.82) is 0 Å². The number of aliphatic hydroxyl groups is 1. The quantitative estimate of drug-likeness (QED) is 0.879. The molecule has 0 fully saturated rings. The van der Waals surface area contributed by atoms with Gasteiger partial charge in [-0.1, -0.05) is 11.6 Å². The summed E-state index contributed by atoms with van der Waals surface area (Å²) in [7, 11) is 1.77. The van der Waals surface area contributed by atoms with Crippen molar-refractivity contribution in [2.75, 3.05) is 0 Å². The standard InChI is InChI=1S/C10H11ClN2OS/c1-6-3-4-15-10(6)9(14)8-7(11)5-12-13(8)2/h3-5,9,14H,1-2H3. The van der Waals surface area contributed by atoms with Crippen molar-refractivity contribution in [1.82, 2.24) is 9.78 Å². The van der Waals surface area contributed by atoms with Crippen molar-refractivity contribution in [3.8, 4) is 0 Å². The maximum atomic E-state index is 10.2. The van der Waals surface area contributed by atoms with Gasteiger partial charge in [0.25, 0.3) is 0 Å². The van der Waals surface area contributed by atoms with Crippen LogP contribution in [0.1, 0.15) is 22.2 Å². The number of nitrogens with zero attached hydrogens (tertiary/aromatic N) is 2. The van der Waals surface area contributed by atoms with Crippen LogP contribution in [-0.2, 0) is 7.05 Å². The second kappa shape index (κ2) is 3.96. The summed E-state index contributed by atoms with van der Waals surface area (Å²) in [4.78, 5) is 0.917. The molecular weight excluding hydrogens is 232 g/mol. The topological polar surface area (TPSA) is 38.1 Å². The van der Waals surface area contributed by atoms with Crippen molar-refractivity contribution in [3.05, 3.63) is 38.8 Å². The van der Waals surface area contributed by atoms with E-state index >= 15 is 0 Å². The van der Waals surface area contributed by atoms with Crippen LogP contribution in [0.2, 0.25) is 5.02 Å². The molecule has 2 rings (SSSR count). The van der Waals surface area contributed by atoms with Crippen molar-refractivity contribution < 1.29 is 5.11 Å². The molecule has 1 unspecified atom stereocenters. The molecule has 2 heterocycles. The van der Waals surface area contributed by atoms with Gasteiger partial charge in [0, 0.05) is 11.9 Å². The molecule has 1 atom stereocenters. The van der Waals surface area contributed by atoms with Gasteiger partial charge in [-0.05, 0) is 23.9 Å². The SMILES string of the molecule is Cc1ccsc1C(O)c1c(Cl)cnn1C. The van der Waals surface area contributed by atoms with Gasteiger partial charge >= 0.3 is 0 Å². The Labute approximate surface area is 96.9 Å². The number of aliphatic hydroxyl groups excluding tert-OH is 1. The first-order valence-corrected chi connectivity index (χ1v) is 5.76. The fraction of sp³-hybridized carbons (Fsp3) is 0.300. The normalized spacial score (nSPS) is 13.1. The Kier molecular flexibility index (Phi) is 2.82. The zero-order chi connectivity index (χ0) is 11.0. The van der Waals surface area contributed by atoms with Crippen LogP contribution in [0.3, 0.4) is 0 Å². The minimum atomic E-state index is -0.690. The highest BCUT2D eigenvalue weighted by molar-refractivity contribution is 7.10. The highest BCUT2D eigenvalue weighted by Crippen LogP contribution is 2.32. The molecule has 2 aromatic rings. The molecule has 0 aliphatic carbocycles. The first-order chi connectivity index (χ1) is 7.11. The van der Waals surface area contributed by atoms with Gasteiger partial charge in [0.1, 0.15) is 6.10 Å². The summed E-state index contributed by atoms with van der Waals surface area (Å²) in [5.74, 6) is 0. The smallest absolute Gasteiger partial charge is 0.131 e. The number of aryl methyl sites for hydroxylation is 2. The zero-order valence-electron chi connectivity index (χ0n) is 8.44. The predicted octanol–water partition coefficient (Wildman–Crippen LogP) is 2.53. The molecule has 3 nitrogen and oxygen atoms in total. The van der Waals surface area contributed by atoms with Crippen LogP contribution in [0.15, 0.2) is 17.6 Å². The average Bonchev–Trinajstić information content (AvgIpc) is 2.73. The number of hydrogen-bond acceptors (Lipinski definition) is 3. The lowest BCUT2D eigenvalue weighted by atomic mass is 10.1. The Morgan fingerprint density at radius 1 is 1.60 bits per heavy atom. The highest BCUT2D eigenvalue weighted by atomic mass is 35.5. The predicted molar refractivity (Wildman–Crippen MR) is 61.3 cm³/mol. The molecule has 0 saturated heterocycles. The van der Waals surface area contributed by atoms with Gasteiger partial charge in [-0.2, -0.15) is 5.10 Å². The van der Waals surface area contributed by atoms with E-state index in [4.69, 9.17) is 11.6 Å². The second-order valence-corrected chi connectivity index (χ2v) is 4.73. The summed E-state index contributed by atoms with van der Waals surface area (Å²) in [6.07, 6.45) is 0.855. The van der Waals surface area contributed by atoms with Gasteiger partial charge in [-0.15, -0.1) is 11.3 Å². The Balaban J connectivity index is 2.45. The van der Waals surface area contributed by atoms with E-state index in [2.05, 4.69) is 5.10 Å². The maximum absolute atomic E-state index is 10.2. The van der Waals surface area contributed by atoms with Gasteiger partial charge in [0.05, 0.1) is 16.9 Å². The molecule has 15 heavy (non-hydrogen) atoms. The van der Waals surface area contributed by atoms with Gasteiger partial charge < -0.3 is 5.11 Å². The molecule has 2 aromatic heterocycles. The average molecular weight is 243 g/mol. The Bertz CT molecular complexity index is 458. The van der Waals surface area contributed by atoms with Crippen molar-refractivity contribution >= 4 is 22.9 Å². The summed E-state index contributed by atoms with van der Waals surface area (Å²) < 4.78 is 1.60. The summed E-state index contributed by atoms with van der Waals surface area (Å²) in [5, 5.41) is 16.6. The summed E-state index contributed by atoms with van der Waals surface area (Å²) in [5.41, 5.74) is 1.71. The van der Waals surface area contributed by atoms with E-state index in [1.165, 1.54) is 11.3 Å².